The fourth-order valence-electron chi connectivity index (χ4n) is 5.65. The first-order chi connectivity index (χ1) is 21.3. The highest BCUT2D eigenvalue weighted by Crippen LogP contribution is 2.36. The van der Waals surface area contributed by atoms with Crippen molar-refractivity contribution < 1.29 is 18.7 Å². The Morgan fingerprint density at radius 1 is 1.07 bits per heavy atom. The predicted octanol–water partition coefficient (Wildman–Crippen LogP) is 5.47. The number of aromatic amines is 1. The van der Waals surface area contributed by atoms with E-state index in [4.69, 9.17) is 9.47 Å². The molecule has 1 N–H and O–H groups in total. The fourth-order valence-corrected chi connectivity index (χ4v) is 5.65. The lowest BCUT2D eigenvalue weighted by Crippen LogP contribution is -2.46. The maximum atomic E-state index is 15.7. The highest BCUT2D eigenvalue weighted by molar-refractivity contribution is 5.81. The van der Waals surface area contributed by atoms with E-state index in [0.717, 1.165) is 11.3 Å². The summed E-state index contributed by atoms with van der Waals surface area (Å²) in [6, 6.07) is 21.8. The van der Waals surface area contributed by atoms with Crippen LogP contribution in [0.1, 0.15) is 24.1 Å². The van der Waals surface area contributed by atoms with Crippen molar-refractivity contribution in [3.63, 3.8) is 0 Å². The van der Waals surface area contributed by atoms with Crippen molar-refractivity contribution >= 4 is 22.8 Å². The van der Waals surface area contributed by atoms with E-state index in [1.807, 2.05) is 65.6 Å². The fraction of sp³-hybridized carbons (Fsp3) is 0.273. The van der Waals surface area contributed by atoms with Crippen molar-refractivity contribution in [2.45, 2.75) is 32.4 Å². The Bertz CT molecular complexity index is 1850. The molecule has 10 nitrogen and oxygen atoms in total. The molecule has 0 radical (unpaired) electrons. The first-order valence-electron chi connectivity index (χ1n) is 14.5. The van der Waals surface area contributed by atoms with Crippen LogP contribution in [0.5, 0.6) is 5.75 Å². The summed E-state index contributed by atoms with van der Waals surface area (Å²) >= 11 is 0. The number of benzene rings is 3. The van der Waals surface area contributed by atoms with Crippen LogP contribution in [0.2, 0.25) is 0 Å². The molecule has 1 saturated heterocycles. The highest BCUT2D eigenvalue weighted by Gasteiger charge is 2.28. The number of aromatic nitrogens is 4. The van der Waals surface area contributed by atoms with Gasteiger partial charge < -0.3 is 24.3 Å². The summed E-state index contributed by atoms with van der Waals surface area (Å²) in [5, 5.41) is 4.53. The first-order valence-corrected chi connectivity index (χ1v) is 14.5. The largest absolute Gasteiger partial charge is 0.496 e. The van der Waals surface area contributed by atoms with Crippen LogP contribution in [0.15, 0.2) is 77.6 Å². The van der Waals surface area contributed by atoms with Gasteiger partial charge in [-0.1, -0.05) is 48.5 Å². The minimum atomic E-state index is -0.464. The molecule has 44 heavy (non-hydrogen) atoms. The van der Waals surface area contributed by atoms with E-state index in [0.29, 0.717) is 59.7 Å². The van der Waals surface area contributed by atoms with Crippen LogP contribution in [0, 0.1) is 12.7 Å². The molecule has 0 unspecified atom stereocenters. The van der Waals surface area contributed by atoms with Gasteiger partial charge in [0.25, 0.3) is 5.56 Å². The molecule has 0 saturated carbocycles. The van der Waals surface area contributed by atoms with Crippen molar-refractivity contribution in [1.29, 1.82) is 0 Å². The molecule has 1 aliphatic rings. The van der Waals surface area contributed by atoms with Gasteiger partial charge in [-0.15, -0.1) is 0 Å². The van der Waals surface area contributed by atoms with Crippen LogP contribution in [-0.2, 0) is 11.3 Å². The molecular weight excluding hydrogens is 563 g/mol. The second-order valence-electron chi connectivity index (χ2n) is 10.8. The summed E-state index contributed by atoms with van der Waals surface area (Å²) in [4.78, 5) is 37.0. The molecule has 11 heteroatoms. The molecule has 0 atom stereocenters. The third kappa shape index (κ3) is 5.60. The van der Waals surface area contributed by atoms with E-state index in [2.05, 4.69) is 15.1 Å². The number of anilines is 1. The number of carbonyl (C=O) groups excluding carboxylic acids is 1. The molecule has 2 aromatic heterocycles. The molecule has 3 heterocycles. The topological polar surface area (TPSA) is 106 Å². The smallest absolute Gasteiger partial charge is 0.410 e. The molecule has 1 aliphatic heterocycles. The summed E-state index contributed by atoms with van der Waals surface area (Å²) in [6.07, 6.45) is 0.917. The maximum Gasteiger partial charge on any atom is 0.410 e. The summed E-state index contributed by atoms with van der Waals surface area (Å²) in [5.74, 6) is 0.102. The van der Waals surface area contributed by atoms with Gasteiger partial charge in [0.05, 0.1) is 29.7 Å². The van der Waals surface area contributed by atoms with Crippen molar-refractivity contribution in [3.05, 3.63) is 100 Å². The molecule has 1 fully saturated rings. The number of aryl methyl sites for hydroxylation is 1. The summed E-state index contributed by atoms with van der Waals surface area (Å²) in [5.41, 5.74) is 3.29. The lowest BCUT2D eigenvalue weighted by atomic mass is 10.0. The molecule has 0 bridgehead atoms. The van der Waals surface area contributed by atoms with Gasteiger partial charge in [-0.2, -0.15) is 5.10 Å². The van der Waals surface area contributed by atoms with Crippen molar-refractivity contribution in [2.75, 3.05) is 32.1 Å². The van der Waals surface area contributed by atoms with Crippen LogP contribution in [0.4, 0.5) is 14.9 Å². The van der Waals surface area contributed by atoms with Gasteiger partial charge in [-0.05, 0) is 43.5 Å². The number of rotatable bonds is 7. The van der Waals surface area contributed by atoms with E-state index >= 15 is 4.39 Å². The number of ether oxygens (including phenoxy) is 2. The number of para-hydroxylation sites is 1. The Morgan fingerprint density at radius 3 is 2.43 bits per heavy atom. The lowest BCUT2D eigenvalue weighted by Gasteiger charge is -2.37. The maximum absolute atomic E-state index is 15.7. The van der Waals surface area contributed by atoms with Gasteiger partial charge >= 0.3 is 6.09 Å². The number of carbonyl (C=O) groups is 1. The number of H-pyrrole nitrogens is 1. The normalized spacial score (nSPS) is 13.7. The van der Waals surface area contributed by atoms with Crippen LogP contribution in [0.25, 0.3) is 28.1 Å². The number of amides is 1. The number of nitrogens with zero attached hydrogens (tertiary/aromatic N) is 5. The number of hydrogen-bond acceptors (Lipinski definition) is 7. The Labute approximate surface area is 253 Å². The molecule has 6 rings (SSSR count). The number of hydrogen-bond donors (Lipinski definition) is 1. The monoisotopic (exact) mass is 596 g/mol. The highest BCUT2D eigenvalue weighted by atomic mass is 19.1. The Morgan fingerprint density at radius 2 is 1.75 bits per heavy atom. The van der Waals surface area contributed by atoms with Gasteiger partial charge in [-0.25, -0.2) is 18.9 Å². The predicted molar refractivity (Wildman–Crippen MR) is 166 cm³/mol. The first kappa shape index (κ1) is 28.9. The standard InChI is InChI=1S/C33H33FN6O4/c1-21-29-30(40(37-21)24-12-8-5-9-13-24)32(41)36-31(35-29)25-18-26(34)27(19-28(25)43-3)39-16-14-23(15-17-39)38(2)33(42)44-20-22-10-6-4-7-11-22/h4-13,18-19,23H,14-17,20H2,1-3H3,(H,35,36,41). The number of halogens is 1. The number of methoxy groups -OCH3 is 1. The van der Waals surface area contributed by atoms with Gasteiger partial charge in [0.2, 0.25) is 0 Å². The SMILES string of the molecule is COc1cc(N2CCC(N(C)C(=O)OCc3ccccc3)CC2)c(F)cc1-c1nc2c(C)nn(-c3ccccc3)c2c(=O)[nH]1. The van der Waals surface area contributed by atoms with Gasteiger partial charge in [0.15, 0.2) is 5.52 Å². The van der Waals surface area contributed by atoms with E-state index in [1.54, 1.807) is 29.6 Å². The van der Waals surface area contributed by atoms with Gasteiger partial charge in [0, 0.05) is 32.2 Å². The third-order valence-corrected chi connectivity index (χ3v) is 8.07. The van der Waals surface area contributed by atoms with E-state index in [9.17, 15) is 9.59 Å². The van der Waals surface area contributed by atoms with Crippen molar-refractivity contribution in [1.82, 2.24) is 24.6 Å². The Balaban J connectivity index is 1.20. The van der Waals surface area contributed by atoms with E-state index < -0.39 is 11.4 Å². The summed E-state index contributed by atoms with van der Waals surface area (Å²) < 4.78 is 28.4. The van der Waals surface area contributed by atoms with Crippen molar-refractivity contribution in [3.8, 4) is 22.8 Å². The second kappa shape index (κ2) is 12.2. The second-order valence-corrected chi connectivity index (χ2v) is 10.8. The molecule has 3 aromatic carbocycles. The zero-order valence-electron chi connectivity index (χ0n) is 24.8. The molecule has 0 aliphatic carbocycles. The van der Waals surface area contributed by atoms with Crippen molar-refractivity contribution in [2.24, 2.45) is 0 Å². The summed E-state index contributed by atoms with van der Waals surface area (Å²) in [7, 11) is 3.24. The molecule has 226 valence electrons. The van der Waals surface area contributed by atoms with Crippen LogP contribution in [0.3, 0.4) is 0 Å². The molecule has 5 aromatic rings. The van der Waals surface area contributed by atoms with Gasteiger partial charge in [0.1, 0.15) is 29.5 Å². The zero-order valence-corrected chi connectivity index (χ0v) is 24.8. The van der Waals surface area contributed by atoms with Gasteiger partial charge in [-0.3, -0.25) is 4.79 Å². The van der Waals surface area contributed by atoms with E-state index in [-0.39, 0.29) is 24.6 Å². The average Bonchev–Trinajstić information content (AvgIpc) is 3.40. The molecular formula is C33H33FN6O4. The molecule has 0 spiro atoms. The zero-order chi connectivity index (χ0) is 30.8. The summed E-state index contributed by atoms with van der Waals surface area (Å²) in [6.45, 7) is 3.07. The van der Waals surface area contributed by atoms with Crippen LogP contribution in [-0.4, -0.2) is 64.0 Å². The Hall–Kier alpha value is -5.19. The lowest BCUT2D eigenvalue weighted by molar-refractivity contribution is 0.0862. The quantitative estimate of drug-likeness (QED) is 0.266. The minimum Gasteiger partial charge on any atom is -0.496 e. The average molecular weight is 597 g/mol. The third-order valence-electron chi connectivity index (χ3n) is 8.07. The number of nitrogens with one attached hydrogen (secondary N) is 1. The van der Waals surface area contributed by atoms with Crippen LogP contribution < -0.4 is 15.2 Å². The number of fused-ring (bicyclic) bond motifs is 1. The Kier molecular flexibility index (Phi) is 8.01. The number of piperidine rings is 1. The minimum absolute atomic E-state index is 0.0280. The van der Waals surface area contributed by atoms with E-state index in [1.165, 1.54) is 13.2 Å². The van der Waals surface area contributed by atoms with Crippen LogP contribution >= 0.6 is 0 Å². The molecule has 1 amide bonds.